The third kappa shape index (κ3) is 2.80. The largest absolute Gasteiger partial charge is 0.388 e. The number of rotatable bonds is 3. The molecule has 5 heteroatoms. The number of para-hydroxylation sites is 1. The standard InChI is InChI=1S/C16H21N3O2/c1-16(21)6-7-19(10-16)15(20)13(17)8-11-9-18-14-5-3-2-4-12(11)14/h2-5,9,13,18,21H,6-8,10,17H2,1H3/t13-,16?/m1/s1. The Morgan fingerprint density at radius 3 is 3.00 bits per heavy atom. The van der Waals surface area contributed by atoms with Gasteiger partial charge in [-0.2, -0.15) is 0 Å². The van der Waals surface area contributed by atoms with Crippen molar-refractivity contribution in [1.29, 1.82) is 0 Å². The SMILES string of the molecule is CC1(O)CCN(C(=O)[C@H](N)Cc2c[nH]c3ccccc23)C1. The van der Waals surface area contributed by atoms with Crippen molar-refractivity contribution in [2.45, 2.75) is 31.4 Å². The van der Waals surface area contributed by atoms with Crippen LogP contribution < -0.4 is 5.73 Å². The van der Waals surface area contributed by atoms with E-state index in [4.69, 9.17) is 5.73 Å². The number of nitrogens with two attached hydrogens (primary N) is 1. The molecule has 2 heterocycles. The highest BCUT2D eigenvalue weighted by Gasteiger charge is 2.35. The van der Waals surface area contributed by atoms with Gasteiger partial charge in [0, 0.05) is 30.2 Å². The number of nitrogens with zero attached hydrogens (tertiary/aromatic N) is 1. The van der Waals surface area contributed by atoms with Crippen molar-refractivity contribution in [2.75, 3.05) is 13.1 Å². The highest BCUT2D eigenvalue weighted by molar-refractivity contribution is 5.86. The number of hydrogen-bond donors (Lipinski definition) is 3. The average Bonchev–Trinajstić information content (AvgIpc) is 3.02. The predicted molar refractivity (Wildman–Crippen MR) is 81.8 cm³/mol. The van der Waals surface area contributed by atoms with Crippen LogP contribution in [0.4, 0.5) is 0 Å². The minimum absolute atomic E-state index is 0.0851. The van der Waals surface area contributed by atoms with Crippen LogP contribution in [0.5, 0.6) is 0 Å². The number of aliphatic hydroxyl groups is 1. The van der Waals surface area contributed by atoms with Gasteiger partial charge < -0.3 is 20.7 Å². The quantitative estimate of drug-likeness (QED) is 0.788. The van der Waals surface area contributed by atoms with Crippen LogP contribution in [0.2, 0.25) is 0 Å². The highest BCUT2D eigenvalue weighted by atomic mass is 16.3. The van der Waals surface area contributed by atoms with Crippen molar-refractivity contribution < 1.29 is 9.90 Å². The zero-order valence-corrected chi connectivity index (χ0v) is 12.2. The molecule has 1 aromatic heterocycles. The Labute approximate surface area is 123 Å². The van der Waals surface area contributed by atoms with Crippen molar-refractivity contribution in [3.8, 4) is 0 Å². The summed E-state index contributed by atoms with van der Waals surface area (Å²) < 4.78 is 0. The van der Waals surface area contributed by atoms with Gasteiger partial charge in [-0.25, -0.2) is 0 Å². The predicted octanol–water partition coefficient (Wildman–Crippen LogP) is 1.02. The molecule has 1 fully saturated rings. The molecule has 0 aliphatic carbocycles. The molecule has 1 aliphatic heterocycles. The monoisotopic (exact) mass is 287 g/mol. The number of benzene rings is 1. The summed E-state index contributed by atoms with van der Waals surface area (Å²) in [7, 11) is 0. The maximum absolute atomic E-state index is 12.4. The van der Waals surface area contributed by atoms with E-state index in [1.165, 1.54) is 0 Å². The number of amides is 1. The van der Waals surface area contributed by atoms with Gasteiger partial charge in [0.25, 0.3) is 0 Å². The molecule has 21 heavy (non-hydrogen) atoms. The topological polar surface area (TPSA) is 82.3 Å². The van der Waals surface area contributed by atoms with E-state index in [9.17, 15) is 9.90 Å². The smallest absolute Gasteiger partial charge is 0.239 e. The summed E-state index contributed by atoms with van der Waals surface area (Å²) in [6, 6.07) is 7.41. The van der Waals surface area contributed by atoms with Crippen molar-refractivity contribution in [1.82, 2.24) is 9.88 Å². The Morgan fingerprint density at radius 1 is 1.52 bits per heavy atom. The van der Waals surface area contributed by atoms with E-state index in [-0.39, 0.29) is 5.91 Å². The molecule has 1 amide bonds. The maximum atomic E-state index is 12.4. The van der Waals surface area contributed by atoms with Gasteiger partial charge in [0.15, 0.2) is 0 Å². The molecule has 1 unspecified atom stereocenters. The zero-order valence-electron chi connectivity index (χ0n) is 12.2. The summed E-state index contributed by atoms with van der Waals surface area (Å²) in [5.74, 6) is -0.0851. The Morgan fingerprint density at radius 2 is 2.29 bits per heavy atom. The molecule has 4 N–H and O–H groups in total. The second kappa shape index (κ2) is 5.16. The summed E-state index contributed by atoms with van der Waals surface area (Å²) >= 11 is 0. The fraction of sp³-hybridized carbons (Fsp3) is 0.438. The van der Waals surface area contributed by atoms with Crippen LogP contribution in [0, 0.1) is 0 Å². The number of fused-ring (bicyclic) bond motifs is 1. The summed E-state index contributed by atoms with van der Waals surface area (Å²) in [6.07, 6.45) is 3.03. The Hall–Kier alpha value is -1.85. The van der Waals surface area contributed by atoms with Gasteiger partial charge in [-0.15, -0.1) is 0 Å². The van der Waals surface area contributed by atoms with E-state index in [1.54, 1.807) is 11.8 Å². The molecule has 2 aromatic rings. The fourth-order valence-corrected chi connectivity index (χ4v) is 2.99. The van der Waals surface area contributed by atoms with Crippen LogP contribution in [-0.4, -0.2) is 45.6 Å². The molecule has 1 aromatic carbocycles. The Kier molecular flexibility index (Phi) is 3.47. The van der Waals surface area contributed by atoms with Gasteiger partial charge in [0.1, 0.15) is 0 Å². The van der Waals surface area contributed by atoms with E-state index in [2.05, 4.69) is 4.98 Å². The summed E-state index contributed by atoms with van der Waals surface area (Å²) in [5, 5.41) is 11.1. The van der Waals surface area contributed by atoms with Crippen LogP contribution in [0.15, 0.2) is 30.5 Å². The molecule has 5 nitrogen and oxygen atoms in total. The van der Waals surface area contributed by atoms with Crippen LogP contribution in [0.1, 0.15) is 18.9 Å². The molecule has 0 bridgehead atoms. The Bertz CT molecular complexity index is 662. The number of carbonyl (C=O) groups is 1. The van der Waals surface area contributed by atoms with E-state index < -0.39 is 11.6 Å². The maximum Gasteiger partial charge on any atom is 0.239 e. The lowest BCUT2D eigenvalue weighted by Gasteiger charge is -2.22. The number of aromatic nitrogens is 1. The average molecular weight is 287 g/mol. The lowest BCUT2D eigenvalue weighted by molar-refractivity contribution is -0.132. The number of nitrogens with one attached hydrogen (secondary N) is 1. The van der Waals surface area contributed by atoms with E-state index >= 15 is 0 Å². The molecule has 2 atom stereocenters. The summed E-state index contributed by atoms with van der Waals surface area (Å²) in [4.78, 5) is 17.2. The van der Waals surface area contributed by atoms with Gasteiger partial charge >= 0.3 is 0 Å². The van der Waals surface area contributed by atoms with E-state index in [0.29, 0.717) is 25.9 Å². The third-order valence-electron chi connectivity index (χ3n) is 4.20. The number of β-amino-alcohol motifs (C(OH)–C–C–N with tert-alkyl or cyclic N) is 1. The van der Waals surface area contributed by atoms with Crippen LogP contribution in [0.25, 0.3) is 10.9 Å². The van der Waals surface area contributed by atoms with E-state index in [0.717, 1.165) is 16.5 Å². The summed E-state index contributed by atoms with van der Waals surface area (Å²) in [6.45, 7) is 2.70. The van der Waals surface area contributed by atoms with Crippen molar-refractivity contribution >= 4 is 16.8 Å². The first kappa shape index (κ1) is 14.1. The number of likely N-dealkylation sites (tertiary alicyclic amines) is 1. The zero-order chi connectivity index (χ0) is 15.0. The minimum Gasteiger partial charge on any atom is -0.388 e. The minimum atomic E-state index is -0.782. The number of hydrogen-bond acceptors (Lipinski definition) is 3. The lowest BCUT2D eigenvalue weighted by Crippen LogP contribution is -2.45. The third-order valence-corrected chi connectivity index (χ3v) is 4.20. The first-order valence-corrected chi connectivity index (χ1v) is 7.28. The van der Waals surface area contributed by atoms with Crippen molar-refractivity contribution in [2.24, 2.45) is 5.73 Å². The first-order chi connectivity index (χ1) is 9.96. The van der Waals surface area contributed by atoms with Gasteiger partial charge in [-0.1, -0.05) is 18.2 Å². The molecule has 0 spiro atoms. The molecule has 0 saturated carbocycles. The second-order valence-electron chi connectivity index (χ2n) is 6.18. The number of carbonyl (C=O) groups excluding carboxylic acids is 1. The molecule has 1 saturated heterocycles. The Balaban J connectivity index is 1.71. The van der Waals surface area contributed by atoms with Crippen LogP contribution >= 0.6 is 0 Å². The molecule has 3 rings (SSSR count). The van der Waals surface area contributed by atoms with Crippen LogP contribution in [-0.2, 0) is 11.2 Å². The number of aromatic amines is 1. The molecular formula is C16H21N3O2. The van der Waals surface area contributed by atoms with Gasteiger partial charge in [-0.3, -0.25) is 4.79 Å². The van der Waals surface area contributed by atoms with Gasteiger partial charge in [0.2, 0.25) is 5.91 Å². The van der Waals surface area contributed by atoms with Crippen molar-refractivity contribution in [3.63, 3.8) is 0 Å². The summed E-state index contributed by atoms with van der Waals surface area (Å²) in [5.41, 5.74) is 7.40. The first-order valence-electron chi connectivity index (χ1n) is 7.28. The molecule has 1 aliphatic rings. The van der Waals surface area contributed by atoms with E-state index in [1.807, 2.05) is 30.5 Å². The molecule has 112 valence electrons. The lowest BCUT2D eigenvalue weighted by atomic mass is 10.0. The second-order valence-corrected chi connectivity index (χ2v) is 6.18. The van der Waals surface area contributed by atoms with Crippen LogP contribution in [0.3, 0.4) is 0 Å². The molecule has 0 radical (unpaired) electrons. The number of H-pyrrole nitrogens is 1. The van der Waals surface area contributed by atoms with Gasteiger partial charge in [-0.05, 0) is 31.4 Å². The highest BCUT2D eigenvalue weighted by Crippen LogP contribution is 2.22. The van der Waals surface area contributed by atoms with Crippen molar-refractivity contribution in [3.05, 3.63) is 36.0 Å². The van der Waals surface area contributed by atoms with Gasteiger partial charge in [0.05, 0.1) is 11.6 Å². The normalized spacial score (nSPS) is 23.7. The fourth-order valence-electron chi connectivity index (χ4n) is 2.99. The molecular weight excluding hydrogens is 266 g/mol.